The largest absolute Gasteiger partial charge is 0.374 e. The molecule has 3 aromatic heterocycles. The summed E-state index contributed by atoms with van der Waals surface area (Å²) >= 11 is 5.85. The standard InChI is InChI=1S/C22H20ClN5O2S/c1-27-10-8-14-3-4-15(11-19(14)27)17-13-28(2)22-21(17)18(7-9-24-22)26-31(29,30)20-6-5-16(23)12-25-20/h3-7,9,11-13H,8,10H2,1-2H3,(H,24,26). The van der Waals surface area contributed by atoms with E-state index in [4.69, 9.17) is 11.6 Å². The summed E-state index contributed by atoms with van der Waals surface area (Å²) < 4.78 is 30.5. The van der Waals surface area contributed by atoms with Gasteiger partial charge in [0, 0.05) is 50.5 Å². The lowest BCUT2D eigenvalue weighted by Gasteiger charge is -2.14. The lowest BCUT2D eigenvalue weighted by Crippen LogP contribution is -2.14. The van der Waals surface area contributed by atoms with Gasteiger partial charge in [-0.2, -0.15) is 8.42 Å². The van der Waals surface area contributed by atoms with Crippen LogP contribution < -0.4 is 9.62 Å². The molecule has 4 heterocycles. The first-order chi connectivity index (χ1) is 14.8. The zero-order valence-electron chi connectivity index (χ0n) is 17.0. The van der Waals surface area contributed by atoms with Gasteiger partial charge in [-0.05, 0) is 41.8 Å². The van der Waals surface area contributed by atoms with E-state index in [9.17, 15) is 8.42 Å². The number of hydrogen-bond acceptors (Lipinski definition) is 5. The SMILES string of the molecule is CN1CCc2ccc(-c3cn(C)c4nccc(NS(=O)(=O)c5ccc(Cl)cn5)c34)cc21. The second-order valence-electron chi connectivity index (χ2n) is 7.65. The summed E-state index contributed by atoms with van der Waals surface area (Å²) in [5.41, 5.74) is 5.58. The highest BCUT2D eigenvalue weighted by Crippen LogP contribution is 2.38. The first kappa shape index (κ1) is 19.8. The van der Waals surface area contributed by atoms with E-state index >= 15 is 0 Å². The van der Waals surface area contributed by atoms with Crippen LogP contribution in [0.5, 0.6) is 0 Å². The van der Waals surface area contributed by atoms with Gasteiger partial charge in [0.25, 0.3) is 10.0 Å². The molecule has 1 aromatic carbocycles. The molecule has 0 unspecified atom stereocenters. The van der Waals surface area contributed by atoms with Gasteiger partial charge >= 0.3 is 0 Å². The minimum absolute atomic E-state index is 0.0986. The van der Waals surface area contributed by atoms with Crippen molar-refractivity contribution in [2.45, 2.75) is 11.4 Å². The average Bonchev–Trinajstić information content (AvgIpc) is 3.29. The number of halogens is 1. The van der Waals surface area contributed by atoms with Crippen molar-refractivity contribution >= 4 is 44.0 Å². The third-order valence-electron chi connectivity index (χ3n) is 5.60. The molecule has 1 aliphatic rings. The van der Waals surface area contributed by atoms with Crippen molar-refractivity contribution < 1.29 is 8.42 Å². The predicted molar refractivity (Wildman–Crippen MR) is 123 cm³/mol. The number of pyridine rings is 2. The molecule has 0 bridgehead atoms. The number of benzene rings is 1. The number of nitrogens with one attached hydrogen (secondary N) is 1. The Hall–Kier alpha value is -3.10. The van der Waals surface area contributed by atoms with Crippen LogP contribution in [0.25, 0.3) is 22.2 Å². The number of anilines is 2. The molecule has 1 N–H and O–H groups in total. The van der Waals surface area contributed by atoms with Crippen LogP contribution in [-0.2, 0) is 23.5 Å². The molecule has 31 heavy (non-hydrogen) atoms. The fourth-order valence-corrected chi connectivity index (χ4v) is 5.15. The molecule has 0 spiro atoms. The summed E-state index contributed by atoms with van der Waals surface area (Å²) in [5, 5.41) is 1.01. The second-order valence-corrected chi connectivity index (χ2v) is 9.71. The van der Waals surface area contributed by atoms with E-state index in [1.54, 1.807) is 12.3 Å². The Labute approximate surface area is 185 Å². The van der Waals surface area contributed by atoms with E-state index in [1.807, 2.05) is 17.8 Å². The Morgan fingerprint density at radius 2 is 1.94 bits per heavy atom. The number of nitrogens with zero attached hydrogens (tertiary/aromatic N) is 4. The maximum atomic E-state index is 13.0. The van der Waals surface area contributed by atoms with Crippen LogP contribution in [-0.4, -0.2) is 36.5 Å². The van der Waals surface area contributed by atoms with Gasteiger partial charge in [-0.1, -0.05) is 23.7 Å². The fraction of sp³-hybridized carbons (Fsp3) is 0.182. The summed E-state index contributed by atoms with van der Waals surface area (Å²) in [5.74, 6) is 0. The van der Waals surface area contributed by atoms with Gasteiger partial charge in [0.05, 0.1) is 16.1 Å². The molecule has 0 atom stereocenters. The topological polar surface area (TPSA) is 80.1 Å². The molecule has 7 nitrogen and oxygen atoms in total. The molecule has 5 rings (SSSR count). The fourth-order valence-electron chi connectivity index (χ4n) is 4.03. The zero-order chi connectivity index (χ0) is 21.8. The molecule has 0 saturated carbocycles. The first-order valence-electron chi connectivity index (χ1n) is 9.76. The highest BCUT2D eigenvalue weighted by Gasteiger charge is 2.22. The van der Waals surface area contributed by atoms with Crippen molar-refractivity contribution in [3.8, 4) is 11.1 Å². The van der Waals surface area contributed by atoms with Crippen molar-refractivity contribution in [2.24, 2.45) is 7.05 Å². The lowest BCUT2D eigenvalue weighted by atomic mass is 10.0. The Morgan fingerprint density at radius 3 is 2.71 bits per heavy atom. The number of sulfonamides is 1. The first-order valence-corrected chi connectivity index (χ1v) is 11.6. The molecule has 1 aliphatic heterocycles. The van der Waals surface area contributed by atoms with Crippen molar-refractivity contribution in [3.63, 3.8) is 0 Å². The second kappa shape index (κ2) is 7.25. The molecule has 4 aromatic rings. The molecule has 0 saturated heterocycles. The van der Waals surface area contributed by atoms with Crippen LogP contribution >= 0.6 is 11.6 Å². The summed E-state index contributed by atoms with van der Waals surface area (Å²) in [6.45, 7) is 0.995. The Kier molecular flexibility index (Phi) is 4.64. The van der Waals surface area contributed by atoms with E-state index in [0.29, 0.717) is 16.4 Å². The molecular weight excluding hydrogens is 434 g/mol. The van der Waals surface area contributed by atoms with E-state index in [1.165, 1.54) is 29.6 Å². The molecule has 0 radical (unpaired) electrons. The monoisotopic (exact) mass is 453 g/mol. The van der Waals surface area contributed by atoms with Crippen LogP contribution in [0, 0.1) is 0 Å². The van der Waals surface area contributed by atoms with Gasteiger partial charge in [-0.3, -0.25) is 4.72 Å². The van der Waals surface area contributed by atoms with Crippen molar-refractivity contribution in [3.05, 3.63) is 65.6 Å². The maximum absolute atomic E-state index is 13.0. The van der Waals surface area contributed by atoms with E-state index in [-0.39, 0.29) is 5.03 Å². The Bertz CT molecular complexity index is 1410. The highest BCUT2D eigenvalue weighted by molar-refractivity contribution is 7.92. The quantitative estimate of drug-likeness (QED) is 0.503. The number of hydrogen-bond donors (Lipinski definition) is 1. The third kappa shape index (κ3) is 3.41. The Balaban J connectivity index is 1.64. The van der Waals surface area contributed by atoms with Gasteiger partial charge in [0.2, 0.25) is 0 Å². The summed E-state index contributed by atoms with van der Waals surface area (Å²) in [6, 6.07) is 10.9. The summed E-state index contributed by atoms with van der Waals surface area (Å²) in [4.78, 5) is 10.7. The predicted octanol–water partition coefficient (Wildman–Crippen LogP) is 4.08. The van der Waals surface area contributed by atoms with Gasteiger partial charge in [-0.25, -0.2) is 9.97 Å². The maximum Gasteiger partial charge on any atom is 0.279 e. The van der Waals surface area contributed by atoms with Crippen LogP contribution in [0.3, 0.4) is 0 Å². The van der Waals surface area contributed by atoms with Gasteiger partial charge in [0.15, 0.2) is 5.03 Å². The summed E-state index contributed by atoms with van der Waals surface area (Å²) in [6.07, 6.45) is 5.91. The van der Waals surface area contributed by atoms with Crippen LogP contribution in [0.15, 0.2) is 60.0 Å². The summed E-state index contributed by atoms with van der Waals surface area (Å²) in [7, 11) is 0.0879. The number of aryl methyl sites for hydroxylation is 1. The van der Waals surface area contributed by atoms with Gasteiger partial charge in [-0.15, -0.1) is 0 Å². The van der Waals surface area contributed by atoms with Gasteiger partial charge in [0.1, 0.15) is 5.65 Å². The normalized spacial score (nSPS) is 13.6. The smallest absolute Gasteiger partial charge is 0.279 e. The zero-order valence-corrected chi connectivity index (χ0v) is 18.6. The van der Waals surface area contributed by atoms with Crippen LogP contribution in [0.4, 0.5) is 11.4 Å². The molecule has 0 fully saturated rings. The highest BCUT2D eigenvalue weighted by atomic mass is 35.5. The van der Waals surface area contributed by atoms with Crippen LogP contribution in [0.1, 0.15) is 5.56 Å². The van der Waals surface area contributed by atoms with Gasteiger partial charge < -0.3 is 9.47 Å². The molecule has 0 aliphatic carbocycles. The number of likely N-dealkylation sites (N-methyl/N-ethyl adjacent to an activating group) is 1. The molecular formula is C22H20ClN5O2S. The van der Waals surface area contributed by atoms with E-state index in [2.05, 4.69) is 44.8 Å². The number of rotatable bonds is 4. The lowest BCUT2D eigenvalue weighted by molar-refractivity contribution is 0.597. The Morgan fingerprint density at radius 1 is 1.10 bits per heavy atom. The van der Waals surface area contributed by atoms with E-state index in [0.717, 1.165) is 29.5 Å². The average molecular weight is 454 g/mol. The van der Waals surface area contributed by atoms with Crippen molar-refractivity contribution in [1.29, 1.82) is 0 Å². The number of fused-ring (bicyclic) bond motifs is 2. The van der Waals surface area contributed by atoms with E-state index < -0.39 is 10.0 Å². The van der Waals surface area contributed by atoms with Crippen LogP contribution in [0.2, 0.25) is 5.02 Å². The number of aromatic nitrogens is 3. The minimum Gasteiger partial charge on any atom is -0.374 e. The minimum atomic E-state index is -3.89. The molecule has 9 heteroatoms. The van der Waals surface area contributed by atoms with Crippen molar-refractivity contribution in [2.75, 3.05) is 23.2 Å². The van der Waals surface area contributed by atoms with Crippen molar-refractivity contribution in [1.82, 2.24) is 14.5 Å². The molecule has 0 amide bonds. The molecule has 158 valence electrons. The third-order valence-corrected chi connectivity index (χ3v) is 7.11.